The van der Waals surface area contributed by atoms with E-state index in [-0.39, 0.29) is 4.90 Å². The van der Waals surface area contributed by atoms with Gasteiger partial charge in [0.15, 0.2) is 5.82 Å². The number of fused-ring (bicyclic) bond motifs is 1. The molecule has 1 aliphatic heterocycles. The Balaban J connectivity index is 1.41. The molecule has 1 aromatic heterocycles. The van der Waals surface area contributed by atoms with Crippen molar-refractivity contribution in [2.45, 2.75) is 30.2 Å². The van der Waals surface area contributed by atoms with Crippen molar-refractivity contribution in [2.24, 2.45) is 0 Å². The van der Waals surface area contributed by atoms with Gasteiger partial charge in [-0.05, 0) is 53.4 Å². The summed E-state index contributed by atoms with van der Waals surface area (Å²) >= 11 is 12.2. The number of rotatable bonds is 5. The lowest BCUT2D eigenvalue weighted by atomic mass is 10.1. The van der Waals surface area contributed by atoms with Crippen molar-refractivity contribution in [1.29, 1.82) is 0 Å². The lowest BCUT2D eigenvalue weighted by molar-refractivity contribution is 0.289. The molecule has 5 rings (SSSR count). The van der Waals surface area contributed by atoms with Crippen molar-refractivity contribution in [3.8, 4) is 0 Å². The van der Waals surface area contributed by atoms with Crippen LogP contribution in [0.3, 0.4) is 0 Å². The number of halogens is 2. The zero-order chi connectivity index (χ0) is 22.3. The zero-order valence-corrected chi connectivity index (χ0v) is 19.2. The second kappa shape index (κ2) is 8.48. The predicted molar refractivity (Wildman–Crippen MR) is 123 cm³/mol. The van der Waals surface area contributed by atoms with Crippen molar-refractivity contribution in [2.75, 3.05) is 6.54 Å². The highest BCUT2D eigenvalue weighted by atomic mass is 35.5. The van der Waals surface area contributed by atoms with Crippen LogP contribution in [0.15, 0.2) is 70.1 Å². The van der Waals surface area contributed by atoms with Crippen LogP contribution in [0.2, 0.25) is 10.0 Å². The molecule has 3 aromatic carbocycles. The SMILES string of the molecule is O=S(=O)(c1ccc2ccccc2c1)N1CCCC1c1nc(Cc2ccc(Cl)cc2Cl)no1. The van der Waals surface area contributed by atoms with Crippen LogP contribution in [0.25, 0.3) is 10.8 Å². The van der Waals surface area contributed by atoms with E-state index in [0.29, 0.717) is 41.1 Å². The molecule has 1 fully saturated rings. The van der Waals surface area contributed by atoms with Gasteiger partial charge in [-0.3, -0.25) is 0 Å². The molecule has 0 radical (unpaired) electrons. The van der Waals surface area contributed by atoms with Gasteiger partial charge < -0.3 is 4.52 Å². The summed E-state index contributed by atoms with van der Waals surface area (Å²) in [6, 6.07) is 17.6. The van der Waals surface area contributed by atoms with Crippen LogP contribution >= 0.6 is 23.2 Å². The molecule has 1 aliphatic rings. The molecule has 32 heavy (non-hydrogen) atoms. The summed E-state index contributed by atoms with van der Waals surface area (Å²) in [7, 11) is -3.72. The average molecular weight is 488 g/mol. The highest BCUT2D eigenvalue weighted by molar-refractivity contribution is 7.89. The molecule has 1 atom stereocenters. The van der Waals surface area contributed by atoms with Gasteiger partial charge in [0.05, 0.1) is 4.90 Å². The lowest BCUT2D eigenvalue weighted by Gasteiger charge is -2.21. The largest absolute Gasteiger partial charge is 0.338 e. The molecule has 0 spiro atoms. The molecule has 0 aliphatic carbocycles. The Labute approximate surface area is 195 Å². The van der Waals surface area contributed by atoms with Crippen molar-refractivity contribution in [3.05, 3.63) is 88.0 Å². The van der Waals surface area contributed by atoms with Gasteiger partial charge in [-0.15, -0.1) is 0 Å². The molecule has 1 saturated heterocycles. The van der Waals surface area contributed by atoms with Crippen molar-refractivity contribution in [1.82, 2.24) is 14.4 Å². The monoisotopic (exact) mass is 487 g/mol. The summed E-state index contributed by atoms with van der Waals surface area (Å²) < 4.78 is 33.8. The fourth-order valence-electron chi connectivity index (χ4n) is 4.05. The summed E-state index contributed by atoms with van der Waals surface area (Å²) in [6.45, 7) is 0.403. The number of nitrogens with zero attached hydrogens (tertiary/aromatic N) is 3. The first kappa shape index (κ1) is 21.4. The maximum absolute atomic E-state index is 13.4. The van der Waals surface area contributed by atoms with E-state index in [0.717, 1.165) is 22.8 Å². The first-order valence-corrected chi connectivity index (χ1v) is 12.4. The quantitative estimate of drug-likeness (QED) is 0.363. The Morgan fingerprint density at radius 1 is 1.03 bits per heavy atom. The van der Waals surface area contributed by atoms with Crippen molar-refractivity contribution >= 4 is 44.0 Å². The number of aromatic nitrogens is 2. The van der Waals surface area contributed by atoms with Gasteiger partial charge in [0.2, 0.25) is 15.9 Å². The summed E-state index contributed by atoms with van der Waals surface area (Å²) in [4.78, 5) is 4.74. The minimum Gasteiger partial charge on any atom is -0.338 e. The molecular formula is C23H19Cl2N3O3S. The Kier molecular flexibility index (Phi) is 5.67. The molecule has 164 valence electrons. The van der Waals surface area contributed by atoms with Gasteiger partial charge in [0.1, 0.15) is 6.04 Å². The summed E-state index contributed by atoms with van der Waals surface area (Å²) in [6.07, 6.45) is 1.71. The number of hydrogen-bond donors (Lipinski definition) is 0. The maximum Gasteiger partial charge on any atom is 0.245 e. The molecule has 4 aromatic rings. The fourth-order valence-corrected chi connectivity index (χ4v) is 6.21. The Bertz CT molecular complexity index is 1400. The van der Waals surface area contributed by atoms with E-state index in [2.05, 4.69) is 10.1 Å². The van der Waals surface area contributed by atoms with E-state index in [9.17, 15) is 8.42 Å². The molecule has 6 nitrogen and oxygen atoms in total. The molecular weight excluding hydrogens is 469 g/mol. The van der Waals surface area contributed by atoms with E-state index in [1.165, 1.54) is 4.31 Å². The third kappa shape index (κ3) is 4.01. The third-order valence-corrected chi connectivity index (χ3v) is 8.15. The minimum atomic E-state index is -3.72. The number of benzene rings is 3. The van der Waals surface area contributed by atoms with Crippen LogP contribution in [0.4, 0.5) is 0 Å². The van der Waals surface area contributed by atoms with Crippen LogP contribution in [0.1, 0.15) is 36.2 Å². The van der Waals surface area contributed by atoms with E-state index in [1.807, 2.05) is 36.4 Å². The molecule has 2 heterocycles. The fraction of sp³-hybridized carbons (Fsp3) is 0.217. The van der Waals surface area contributed by atoms with Gasteiger partial charge >= 0.3 is 0 Å². The topological polar surface area (TPSA) is 76.3 Å². The maximum atomic E-state index is 13.4. The van der Waals surface area contributed by atoms with Gasteiger partial charge in [0, 0.05) is 23.0 Å². The average Bonchev–Trinajstić information content (AvgIpc) is 3.45. The smallest absolute Gasteiger partial charge is 0.245 e. The Morgan fingerprint density at radius 3 is 2.66 bits per heavy atom. The Hall–Kier alpha value is -2.45. The molecule has 1 unspecified atom stereocenters. The van der Waals surface area contributed by atoms with Crippen LogP contribution < -0.4 is 0 Å². The molecule has 9 heteroatoms. The first-order chi connectivity index (χ1) is 15.4. The van der Waals surface area contributed by atoms with Crippen LogP contribution in [0, 0.1) is 0 Å². The van der Waals surface area contributed by atoms with Gasteiger partial charge in [0.25, 0.3) is 0 Å². The van der Waals surface area contributed by atoms with Crippen LogP contribution in [-0.4, -0.2) is 29.4 Å². The van der Waals surface area contributed by atoms with Crippen molar-refractivity contribution < 1.29 is 12.9 Å². The van der Waals surface area contributed by atoms with E-state index < -0.39 is 16.1 Å². The molecule has 0 N–H and O–H groups in total. The van der Waals surface area contributed by atoms with Gasteiger partial charge in [-0.1, -0.05) is 64.8 Å². The van der Waals surface area contributed by atoms with Crippen LogP contribution in [-0.2, 0) is 16.4 Å². The second-order valence-electron chi connectivity index (χ2n) is 7.74. The van der Waals surface area contributed by atoms with E-state index in [1.54, 1.807) is 24.3 Å². The lowest BCUT2D eigenvalue weighted by Crippen LogP contribution is -2.30. The van der Waals surface area contributed by atoms with E-state index >= 15 is 0 Å². The molecule has 0 amide bonds. The zero-order valence-electron chi connectivity index (χ0n) is 16.9. The molecule has 0 saturated carbocycles. The highest BCUT2D eigenvalue weighted by Crippen LogP contribution is 2.36. The van der Waals surface area contributed by atoms with Gasteiger partial charge in [-0.25, -0.2) is 8.42 Å². The number of hydrogen-bond acceptors (Lipinski definition) is 5. The predicted octanol–water partition coefficient (Wildman–Crippen LogP) is 5.65. The van der Waals surface area contributed by atoms with Crippen molar-refractivity contribution in [3.63, 3.8) is 0 Å². The minimum absolute atomic E-state index is 0.260. The summed E-state index contributed by atoms with van der Waals surface area (Å²) in [5, 5.41) is 6.99. The van der Waals surface area contributed by atoms with Gasteiger partial charge in [-0.2, -0.15) is 9.29 Å². The standard InChI is InChI=1S/C23H19Cl2N3O3S/c24-18-9-7-17(20(25)14-18)13-22-26-23(31-27-22)21-6-3-11-28(21)32(29,30)19-10-8-15-4-1-2-5-16(15)12-19/h1-2,4-5,7-10,12,14,21H,3,6,11,13H2. The van der Waals surface area contributed by atoms with E-state index in [4.69, 9.17) is 27.7 Å². The van der Waals surface area contributed by atoms with Crippen LogP contribution in [0.5, 0.6) is 0 Å². The first-order valence-electron chi connectivity index (χ1n) is 10.2. The third-order valence-electron chi connectivity index (χ3n) is 5.66. The summed E-state index contributed by atoms with van der Waals surface area (Å²) in [5.41, 5.74) is 0.815. The Morgan fingerprint density at radius 2 is 1.84 bits per heavy atom. The second-order valence-corrected chi connectivity index (χ2v) is 10.5. The number of sulfonamides is 1. The normalized spacial score (nSPS) is 17.2. The highest BCUT2D eigenvalue weighted by Gasteiger charge is 2.39. The molecule has 0 bridgehead atoms. The summed E-state index contributed by atoms with van der Waals surface area (Å²) in [5.74, 6) is 0.742.